The van der Waals surface area contributed by atoms with Crippen LogP contribution >= 0.6 is 15.9 Å². The number of hydrogen-bond acceptors (Lipinski definition) is 1. The molecule has 0 aliphatic rings. The Morgan fingerprint density at radius 3 is 2.50 bits per heavy atom. The van der Waals surface area contributed by atoms with Crippen LogP contribution in [0.5, 0.6) is 0 Å². The summed E-state index contributed by atoms with van der Waals surface area (Å²) in [6.07, 6.45) is 3.39. The van der Waals surface area contributed by atoms with Crippen molar-refractivity contribution in [3.05, 3.63) is 0 Å². The fraction of sp³-hybridized carbons (Fsp3) is 1.00. The molecular formula is C7H14BrFO. The van der Waals surface area contributed by atoms with Crippen molar-refractivity contribution in [1.29, 1.82) is 0 Å². The highest BCUT2D eigenvalue weighted by molar-refractivity contribution is 9.09. The topological polar surface area (TPSA) is 9.23 Å². The van der Waals surface area contributed by atoms with E-state index in [1.165, 1.54) is 6.42 Å². The number of ether oxygens (including phenoxy) is 1. The molecule has 10 heavy (non-hydrogen) atoms. The molecule has 0 rings (SSSR count). The molecule has 0 unspecified atom stereocenters. The van der Waals surface area contributed by atoms with Gasteiger partial charge in [0.2, 0.25) is 0 Å². The van der Waals surface area contributed by atoms with E-state index in [1.54, 1.807) is 0 Å². The normalized spacial score (nSPS) is 10.2. The van der Waals surface area contributed by atoms with Crippen molar-refractivity contribution in [3.63, 3.8) is 0 Å². The molecule has 0 saturated carbocycles. The molecule has 0 bridgehead atoms. The zero-order chi connectivity index (χ0) is 7.66. The Kier molecular flexibility index (Phi) is 9.72. The Morgan fingerprint density at radius 2 is 1.90 bits per heavy atom. The molecule has 0 atom stereocenters. The van der Waals surface area contributed by atoms with Crippen molar-refractivity contribution >= 4 is 15.9 Å². The predicted molar refractivity (Wildman–Crippen MR) is 44.4 cm³/mol. The van der Waals surface area contributed by atoms with Gasteiger partial charge in [-0.15, -0.1) is 0 Å². The maximum Gasteiger partial charge on any atom is 0.113 e. The van der Waals surface area contributed by atoms with E-state index >= 15 is 0 Å². The second-order valence-electron chi connectivity index (χ2n) is 2.05. The van der Waals surface area contributed by atoms with Gasteiger partial charge >= 0.3 is 0 Å². The fourth-order valence-electron chi connectivity index (χ4n) is 0.632. The molecule has 0 aromatic carbocycles. The minimum Gasteiger partial charge on any atom is -0.379 e. The molecule has 3 heteroatoms. The van der Waals surface area contributed by atoms with Crippen LogP contribution in [0.25, 0.3) is 0 Å². The Labute approximate surface area is 70.1 Å². The van der Waals surface area contributed by atoms with Crippen molar-refractivity contribution < 1.29 is 9.13 Å². The summed E-state index contributed by atoms with van der Waals surface area (Å²) in [5, 5.41) is 1.05. The van der Waals surface area contributed by atoms with E-state index in [1.807, 2.05) is 0 Å². The number of alkyl halides is 2. The van der Waals surface area contributed by atoms with Crippen LogP contribution in [0.15, 0.2) is 0 Å². The fourth-order valence-corrected chi connectivity index (χ4v) is 1.03. The van der Waals surface area contributed by atoms with E-state index in [-0.39, 0.29) is 13.3 Å². The Morgan fingerprint density at radius 1 is 1.10 bits per heavy atom. The summed E-state index contributed by atoms with van der Waals surface area (Å²) >= 11 is 3.33. The minimum absolute atomic E-state index is 0.258. The maximum atomic E-state index is 11.4. The lowest BCUT2D eigenvalue weighted by atomic mass is 10.3. The Balaban J connectivity index is 2.65. The monoisotopic (exact) mass is 212 g/mol. The highest BCUT2D eigenvalue weighted by Crippen LogP contribution is 1.98. The summed E-state index contributed by atoms with van der Waals surface area (Å²) in [6.45, 7) is 0.601. The molecule has 0 radical (unpaired) electrons. The van der Waals surface area contributed by atoms with Gasteiger partial charge in [0, 0.05) is 11.9 Å². The van der Waals surface area contributed by atoms with Gasteiger partial charge in [0.15, 0.2) is 0 Å². The molecule has 0 N–H and O–H groups in total. The number of hydrogen-bond donors (Lipinski definition) is 0. The first-order valence-corrected chi connectivity index (χ1v) is 4.73. The molecule has 0 spiro atoms. The van der Waals surface area contributed by atoms with Crippen LogP contribution in [-0.2, 0) is 4.74 Å². The van der Waals surface area contributed by atoms with Gasteiger partial charge < -0.3 is 4.74 Å². The van der Waals surface area contributed by atoms with Crippen molar-refractivity contribution in [1.82, 2.24) is 0 Å². The number of unbranched alkanes of at least 4 members (excludes halogenated alkanes) is 2. The summed E-state index contributed by atoms with van der Waals surface area (Å²) in [4.78, 5) is 0. The molecule has 0 fully saturated rings. The van der Waals surface area contributed by atoms with Crippen LogP contribution < -0.4 is 0 Å². The average molecular weight is 213 g/mol. The van der Waals surface area contributed by atoms with E-state index in [2.05, 4.69) is 15.9 Å². The Hall–Kier alpha value is 0.370. The summed E-state index contributed by atoms with van der Waals surface area (Å²) in [5.41, 5.74) is 0. The zero-order valence-corrected chi connectivity index (χ0v) is 7.70. The van der Waals surface area contributed by atoms with E-state index in [0.717, 1.165) is 18.2 Å². The number of halogens is 2. The first-order chi connectivity index (χ1) is 4.91. The lowest BCUT2D eigenvalue weighted by molar-refractivity contribution is 0.116. The van der Waals surface area contributed by atoms with Crippen LogP contribution in [0.3, 0.4) is 0 Å². The summed E-state index contributed by atoms with van der Waals surface area (Å²) in [7, 11) is 0. The maximum absolute atomic E-state index is 11.4. The largest absolute Gasteiger partial charge is 0.379 e. The van der Waals surface area contributed by atoms with Crippen LogP contribution in [0.4, 0.5) is 4.39 Å². The summed E-state index contributed by atoms with van der Waals surface area (Å²) in [5.74, 6) is 0. The van der Waals surface area contributed by atoms with Gasteiger partial charge in [-0.2, -0.15) is 0 Å². The minimum atomic E-state index is -0.363. The van der Waals surface area contributed by atoms with Crippen LogP contribution in [0.2, 0.25) is 0 Å². The molecule has 0 saturated heterocycles. The molecule has 0 aromatic heterocycles. The van der Waals surface area contributed by atoms with Gasteiger partial charge in [0.1, 0.15) is 6.67 Å². The van der Waals surface area contributed by atoms with E-state index in [9.17, 15) is 4.39 Å². The van der Waals surface area contributed by atoms with E-state index < -0.39 is 0 Å². The van der Waals surface area contributed by atoms with Gasteiger partial charge in [-0.05, 0) is 12.8 Å². The summed E-state index contributed by atoms with van der Waals surface area (Å²) in [6, 6.07) is 0. The van der Waals surface area contributed by atoms with Gasteiger partial charge in [0.05, 0.1) is 6.61 Å². The van der Waals surface area contributed by atoms with E-state index in [4.69, 9.17) is 4.74 Å². The van der Waals surface area contributed by atoms with Crippen molar-refractivity contribution in [2.75, 3.05) is 25.2 Å². The van der Waals surface area contributed by atoms with E-state index in [0.29, 0.717) is 6.61 Å². The third-order valence-electron chi connectivity index (χ3n) is 1.14. The molecule has 0 heterocycles. The molecule has 0 aromatic rings. The zero-order valence-electron chi connectivity index (χ0n) is 6.11. The average Bonchev–Trinajstić information content (AvgIpc) is 1.97. The predicted octanol–water partition coefficient (Wildman–Crippen LogP) is 2.54. The highest BCUT2D eigenvalue weighted by Gasteiger charge is 1.88. The van der Waals surface area contributed by atoms with Crippen LogP contribution in [0, 0.1) is 0 Å². The smallest absolute Gasteiger partial charge is 0.113 e. The molecule has 0 aliphatic carbocycles. The van der Waals surface area contributed by atoms with Crippen LogP contribution in [0.1, 0.15) is 19.3 Å². The molecule has 0 aliphatic heterocycles. The lowest BCUT2D eigenvalue weighted by Gasteiger charge is -1.99. The second kappa shape index (κ2) is 9.37. The third kappa shape index (κ3) is 8.37. The summed E-state index contributed by atoms with van der Waals surface area (Å²) < 4.78 is 16.4. The van der Waals surface area contributed by atoms with Crippen LogP contribution in [-0.4, -0.2) is 25.2 Å². The second-order valence-corrected chi connectivity index (χ2v) is 2.84. The third-order valence-corrected chi connectivity index (χ3v) is 1.70. The standard InChI is InChI=1S/C7H14BrFO/c8-4-2-1-3-6-10-7-5-9/h1-7H2. The molecular weight excluding hydrogens is 199 g/mol. The number of rotatable bonds is 7. The molecule has 1 nitrogen and oxygen atoms in total. The quantitative estimate of drug-likeness (QED) is 0.466. The lowest BCUT2D eigenvalue weighted by Crippen LogP contribution is -1.97. The highest BCUT2D eigenvalue weighted by atomic mass is 79.9. The van der Waals surface area contributed by atoms with Gasteiger partial charge in [-0.3, -0.25) is 0 Å². The van der Waals surface area contributed by atoms with Gasteiger partial charge in [-0.1, -0.05) is 22.4 Å². The first kappa shape index (κ1) is 10.4. The van der Waals surface area contributed by atoms with Gasteiger partial charge in [0.25, 0.3) is 0 Å². The molecule has 62 valence electrons. The Bertz CT molecular complexity index is 53.6. The SMILES string of the molecule is FCCOCCCCCBr. The van der Waals surface area contributed by atoms with Crippen molar-refractivity contribution in [3.8, 4) is 0 Å². The van der Waals surface area contributed by atoms with Gasteiger partial charge in [-0.25, -0.2) is 4.39 Å². The molecule has 0 amide bonds. The van der Waals surface area contributed by atoms with Crippen molar-refractivity contribution in [2.24, 2.45) is 0 Å². The first-order valence-electron chi connectivity index (χ1n) is 3.61. The van der Waals surface area contributed by atoms with Crippen molar-refractivity contribution in [2.45, 2.75) is 19.3 Å².